The van der Waals surface area contributed by atoms with E-state index in [1.807, 2.05) is 27.7 Å². The molecule has 33 atom stereocenters. The zero-order valence-electron chi connectivity index (χ0n) is 54.4. The average Bonchev–Trinajstić information content (AvgIpc) is 1.59. The average molecular weight is 1320 g/mol. The van der Waals surface area contributed by atoms with Gasteiger partial charge < -0.3 is 124 Å². The van der Waals surface area contributed by atoms with Crippen molar-refractivity contribution in [1.82, 2.24) is 0 Å². The lowest BCUT2D eigenvalue weighted by molar-refractivity contribution is -0.406. The topological polar surface area (TPSA) is 436 Å². The fourth-order valence-corrected chi connectivity index (χ4v) is 19.1. The molecule has 0 aromatic heterocycles. The summed E-state index contributed by atoms with van der Waals surface area (Å²) >= 11 is 0. The minimum Gasteiger partial charge on any atom is -0.479 e. The Morgan fingerprint density at radius 1 is 0.533 bits per heavy atom. The van der Waals surface area contributed by atoms with Gasteiger partial charge in [-0.15, -0.1) is 0 Å². The SMILES string of the molecule is C/C=C(/C)C(=O)O[C@@H]1C[C@]2(C)[C@@]3(CC[C@@H]4[C@@]5(C)CC[C@H](O[C@@H]6O[C@H](C(=O)O)[C@@H](O)[C@H](O[C@@H]7O[C@H](CO)[C@H](O)[C@H](O)[C@H]7O[C@@H]7O[C@@H](C)[C@H](O)[C@@H](O)[C@H]7O)[C@H]6O[C@@H]6O[C@H](CO)[C@H](O)[C@H](O)[C@H]6O)C(C)(C)[C@@H]5CC[C@]42C)O[C@H](O)[C@]12[C@H]3CC(C)(C)[C@@H](O)[C@@H]2OC(=O)/C(C)=C\C. The first kappa shape index (κ1) is 71.8. The van der Waals surface area contributed by atoms with Crippen LogP contribution in [0.4, 0.5) is 0 Å². The van der Waals surface area contributed by atoms with Gasteiger partial charge in [-0.2, -0.15) is 0 Å². The fourth-order valence-electron chi connectivity index (χ4n) is 19.1. The predicted molar refractivity (Wildman–Crippen MR) is 312 cm³/mol. The first-order valence-corrected chi connectivity index (χ1v) is 32.5. The van der Waals surface area contributed by atoms with E-state index in [0.717, 1.165) is 0 Å². The Morgan fingerprint density at radius 2 is 1.07 bits per heavy atom. The molecule has 0 aromatic rings. The van der Waals surface area contributed by atoms with Crippen molar-refractivity contribution in [2.24, 2.45) is 50.2 Å². The van der Waals surface area contributed by atoms with E-state index >= 15 is 0 Å². The van der Waals surface area contributed by atoms with Gasteiger partial charge in [-0.3, -0.25) is 0 Å². The van der Waals surface area contributed by atoms with Crippen molar-refractivity contribution in [3.05, 3.63) is 23.3 Å². The monoisotopic (exact) mass is 1320 g/mol. The number of aliphatic hydroxyl groups is 13. The summed E-state index contributed by atoms with van der Waals surface area (Å²) < 4.78 is 69.6. The Labute approximate surface area is 534 Å². The number of hydrogen-bond acceptors (Lipinski definition) is 27. The number of carboxylic acid groups (broad SMARTS) is 1. The van der Waals surface area contributed by atoms with E-state index < -0.39 is 229 Å². The number of aliphatic carboxylic acids is 1. The molecule has 0 unspecified atom stereocenters. The number of esters is 2. The third-order valence-corrected chi connectivity index (χ3v) is 24.8. The normalized spacial score (nSPS) is 52.4. The number of rotatable bonds is 15. The molecule has 0 amide bonds. The number of aliphatic hydroxyl groups excluding tert-OH is 13. The molecule has 10 rings (SSSR count). The second-order valence-corrected chi connectivity index (χ2v) is 30.0. The summed E-state index contributed by atoms with van der Waals surface area (Å²) in [6, 6.07) is 0. The van der Waals surface area contributed by atoms with Crippen LogP contribution in [0.1, 0.15) is 134 Å². The van der Waals surface area contributed by atoms with Crippen molar-refractivity contribution in [1.29, 1.82) is 0 Å². The molecule has 0 radical (unpaired) electrons. The zero-order valence-corrected chi connectivity index (χ0v) is 54.4. The van der Waals surface area contributed by atoms with Crippen molar-refractivity contribution in [2.45, 2.75) is 294 Å². The molecule has 92 heavy (non-hydrogen) atoms. The van der Waals surface area contributed by atoms with E-state index in [-0.39, 0.29) is 30.3 Å². The predicted octanol–water partition coefficient (Wildman–Crippen LogP) is -0.937. The van der Waals surface area contributed by atoms with Crippen LogP contribution in [0, 0.1) is 50.2 Å². The first-order valence-electron chi connectivity index (χ1n) is 32.5. The van der Waals surface area contributed by atoms with Crippen LogP contribution in [0.3, 0.4) is 0 Å². The molecule has 10 aliphatic rings. The van der Waals surface area contributed by atoms with E-state index in [4.69, 9.17) is 52.1 Å². The zero-order chi connectivity index (χ0) is 67.8. The standard InChI is InChI=1S/C64H100O28/c1-13-25(3)51(79)85-34-22-62(12)61(11)19-15-30-59(8,9)33(17-18-60(30,10)31(61)16-20-63(62)32-21-58(6,7)48(76)49(64(32,34)57(81)92-63)91-52(80)26(4)14-2)86-56-47(90-54-42(74)39(71)36(68)28(23-65)83-54)44(43(75)45(88-56)50(77)78)87-55-46(40(72)37(69)29(24-66)84-55)89-53-41(73)38(70)35(67)27(5)82-53/h13-14,27-49,53-57,65-76,81H,15-24H2,1-12H3,(H,77,78)/b25-13-,26-14-/t27-,28+,29+,30-,31+,32-,33-,34+,35-,36-,37-,38+,39-,40-,41+,42+,43-,44-,45-,46+,47+,48-,49-,53-,54-,55-,56+,57-,60-,61+,62-,63-,64+/m0/s1. The second kappa shape index (κ2) is 25.7. The van der Waals surface area contributed by atoms with Crippen molar-refractivity contribution in [2.75, 3.05) is 13.2 Å². The molecule has 524 valence electrons. The van der Waals surface area contributed by atoms with Crippen LogP contribution in [0.2, 0.25) is 0 Å². The maximum atomic E-state index is 14.2. The van der Waals surface area contributed by atoms with Crippen LogP contribution in [-0.2, 0) is 66.5 Å². The second-order valence-electron chi connectivity index (χ2n) is 30.0. The fraction of sp³-hybridized carbons (Fsp3) is 0.891. The third kappa shape index (κ3) is 11.0. The molecular weight excluding hydrogens is 1220 g/mol. The van der Waals surface area contributed by atoms with Gasteiger partial charge in [-0.1, -0.05) is 60.6 Å². The number of allylic oxidation sites excluding steroid dienone is 2. The molecule has 28 heteroatoms. The maximum Gasteiger partial charge on any atom is 0.335 e. The lowest BCUT2D eigenvalue weighted by Crippen LogP contribution is -2.77. The number of carbonyl (C=O) groups is 3. The van der Waals surface area contributed by atoms with E-state index in [0.29, 0.717) is 44.1 Å². The third-order valence-electron chi connectivity index (χ3n) is 24.8. The Bertz CT molecular complexity index is 2760. The summed E-state index contributed by atoms with van der Waals surface area (Å²) in [5.74, 6) is -3.94. The molecule has 0 aromatic carbocycles. The minimum absolute atomic E-state index is 0.0864. The highest BCUT2D eigenvalue weighted by molar-refractivity contribution is 5.88. The van der Waals surface area contributed by atoms with Gasteiger partial charge >= 0.3 is 17.9 Å². The smallest absolute Gasteiger partial charge is 0.335 e. The van der Waals surface area contributed by atoms with Crippen LogP contribution >= 0.6 is 0 Å². The lowest BCUT2D eigenvalue weighted by atomic mass is 9.30. The van der Waals surface area contributed by atoms with Crippen molar-refractivity contribution in [3.8, 4) is 0 Å². The van der Waals surface area contributed by atoms with Crippen LogP contribution in [0.25, 0.3) is 0 Å². The minimum atomic E-state index is -2.30. The van der Waals surface area contributed by atoms with Crippen LogP contribution in [-0.4, -0.2) is 262 Å². The van der Waals surface area contributed by atoms with Crippen LogP contribution in [0.15, 0.2) is 23.3 Å². The van der Waals surface area contributed by atoms with Gasteiger partial charge in [-0.05, 0) is 119 Å². The number of carboxylic acids is 1. The molecular formula is C64H100O28. The van der Waals surface area contributed by atoms with Crippen molar-refractivity contribution >= 4 is 17.9 Å². The molecule has 1 spiro atoms. The summed E-state index contributed by atoms with van der Waals surface area (Å²) in [5.41, 5.74) is -5.85. The highest BCUT2D eigenvalue weighted by Crippen LogP contribution is 2.82. The lowest BCUT2D eigenvalue weighted by Gasteiger charge is -2.75. The summed E-state index contributed by atoms with van der Waals surface area (Å²) in [4.78, 5) is 41.5. The van der Waals surface area contributed by atoms with Gasteiger partial charge in [0.1, 0.15) is 103 Å². The van der Waals surface area contributed by atoms with Gasteiger partial charge in [0.25, 0.3) is 0 Å². The molecule has 28 nitrogen and oxygen atoms in total. The number of fused-ring (bicyclic) bond motifs is 4. The Hall–Kier alpha value is -2.99. The molecule has 5 aliphatic carbocycles. The highest BCUT2D eigenvalue weighted by atomic mass is 16.8. The Balaban J connectivity index is 0.998. The number of hydrogen-bond donors (Lipinski definition) is 14. The van der Waals surface area contributed by atoms with Gasteiger partial charge in [0.05, 0.1) is 37.1 Å². The largest absolute Gasteiger partial charge is 0.479 e. The van der Waals surface area contributed by atoms with E-state index in [2.05, 4.69) is 20.8 Å². The number of ether oxygens (including phenoxy) is 11. The number of carbonyl (C=O) groups excluding carboxylic acids is 2. The summed E-state index contributed by atoms with van der Waals surface area (Å²) in [7, 11) is 0. The van der Waals surface area contributed by atoms with E-state index in [1.165, 1.54) is 6.92 Å². The molecule has 10 fully saturated rings. The quantitative estimate of drug-likeness (QED) is 0.0535. The molecule has 2 bridgehead atoms. The molecule has 5 saturated heterocycles. The molecule has 5 aliphatic heterocycles. The molecule has 5 saturated carbocycles. The summed E-state index contributed by atoms with van der Waals surface area (Å²) in [5, 5.41) is 157. The van der Waals surface area contributed by atoms with E-state index in [1.54, 1.807) is 39.8 Å². The van der Waals surface area contributed by atoms with Gasteiger partial charge in [0.15, 0.2) is 37.6 Å². The maximum absolute atomic E-state index is 14.2. The van der Waals surface area contributed by atoms with Gasteiger partial charge in [-0.25, -0.2) is 14.4 Å². The van der Waals surface area contributed by atoms with Crippen molar-refractivity contribution < 1.29 is 138 Å². The summed E-state index contributed by atoms with van der Waals surface area (Å²) in [6.07, 6.45) is -38.0. The Morgan fingerprint density at radius 3 is 1.66 bits per heavy atom. The van der Waals surface area contributed by atoms with E-state index in [9.17, 15) is 85.9 Å². The molecule has 5 heterocycles. The van der Waals surface area contributed by atoms with Crippen molar-refractivity contribution in [3.63, 3.8) is 0 Å². The van der Waals surface area contributed by atoms with Gasteiger partial charge in [0, 0.05) is 22.5 Å². The highest BCUT2D eigenvalue weighted by Gasteiger charge is 2.86. The Kier molecular flexibility index (Phi) is 20.1. The molecule has 14 N–H and O–H groups in total. The first-order chi connectivity index (χ1) is 42.9. The summed E-state index contributed by atoms with van der Waals surface area (Å²) in [6.45, 7) is 20.6. The van der Waals surface area contributed by atoms with Gasteiger partial charge in [0.2, 0.25) is 0 Å². The van der Waals surface area contributed by atoms with Crippen LogP contribution < -0.4 is 0 Å². The van der Waals surface area contributed by atoms with Crippen LogP contribution in [0.5, 0.6) is 0 Å².